The summed E-state index contributed by atoms with van der Waals surface area (Å²) in [5, 5.41) is 7.07. The summed E-state index contributed by atoms with van der Waals surface area (Å²) in [6.45, 7) is 1.82. The van der Waals surface area contributed by atoms with Gasteiger partial charge in [0.1, 0.15) is 12.7 Å². The number of hydrogen-bond acceptors (Lipinski definition) is 4. The van der Waals surface area contributed by atoms with E-state index >= 15 is 0 Å². The molecule has 1 N–H and O–H groups in total. The van der Waals surface area contributed by atoms with E-state index in [-0.39, 0.29) is 5.91 Å². The summed E-state index contributed by atoms with van der Waals surface area (Å²) < 4.78 is 3.78. The monoisotopic (exact) mass is 360 g/mol. The maximum Gasteiger partial charge on any atom is 0.222 e. The maximum absolute atomic E-state index is 12.2. The summed E-state index contributed by atoms with van der Waals surface area (Å²) in [5.41, 5.74) is 4.21. The van der Waals surface area contributed by atoms with E-state index in [0.29, 0.717) is 26.1 Å². The molecule has 7 nitrogen and oxygen atoms in total. The highest BCUT2D eigenvalue weighted by Crippen LogP contribution is 2.12. The number of aromatic nitrogens is 5. The summed E-state index contributed by atoms with van der Waals surface area (Å²) in [5.74, 6) is 0.0273. The first-order valence-electron chi connectivity index (χ1n) is 8.85. The summed E-state index contributed by atoms with van der Waals surface area (Å²) in [6, 6.07) is 16.1. The molecule has 4 rings (SSSR count). The predicted octanol–water partition coefficient (Wildman–Crippen LogP) is 2.38. The van der Waals surface area contributed by atoms with E-state index in [2.05, 4.69) is 20.4 Å². The molecule has 0 unspecified atom stereocenters. The standard InChI is InChI=1S/C20H20N6O/c27-20(9-10-25-15-23-18-3-1-2-4-19(18)25)22-11-16-5-7-17(8-6-16)12-26-14-21-13-24-26/h1-8,13-15H,9-12H2,(H,22,27). The first kappa shape index (κ1) is 17.0. The van der Waals surface area contributed by atoms with Crippen LogP contribution in [0.25, 0.3) is 11.0 Å². The van der Waals surface area contributed by atoms with Crippen LogP contribution in [-0.2, 0) is 24.4 Å². The highest BCUT2D eigenvalue weighted by Gasteiger charge is 2.05. The van der Waals surface area contributed by atoms with Crippen molar-refractivity contribution in [3.63, 3.8) is 0 Å². The van der Waals surface area contributed by atoms with Crippen LogP contribution in [0.1, 0.15) is 17.5 Å². The van der Waals surface area contributed by atoms with Crippen LogP contribution < -0.4 is 5.32 Å². The number of fused-ring (bicyclic) bond motifs is 1. The average Bonchev–Trinajstić information content (AvgIpc) is 3.35. The fraction of sp³-hybridized carbons (Fsp3) is 0.200. The molecule has 0 bridgehead atoms. The van der Waals surface area contributed by atoms with Gasteiger partial charge in [-0.15, -0.1) is 0 Å². The molecule has 0 aliphatic carbocycles. The van der Waals surface area contributed by atoms with Crippen molar-refractivity contribution in [1.29, 1.82) is 0 Å². The van der Waals surface area contributed by atoms with Crippen molar-refractivity contribution in [2.45, 2.75) is 26.1 Å². The number of carbonyl (C=O) groups is 1. The van der Waals surface area contributed by atoms with Crippen molar-refractivity contribution in [3.05, 3.63) is 78.6 Å². The van der Waals surface area contributed by atoms with E-state index in [1.165, 1.54) is 6.33 Å². The zero-order valence-electron chi connectivity index (χ0n) is 14.8. The summed E-state index contributed by atoms with van der Waals surface area (Å²) in [6.07, 6.45) is 5.42. The minimum Gasteiger partial charge on any atom is -0.352 e. The van der Waals surface area contributed by atoms with Crippen LogP contribution in [-0.4, -0.2) is 30.2 Å². The molecule has 27 heavy (non-hydrogen) atoms. The van der Waals surface area contributed by atoms with E-state index in [9.17, 15) is 4.79 Å². The molecule has 2 aromatic carbocycles. The SMILES string of the molecule is O=C(CCn1cnc2ccccc21)NCc1ccc(Cn2cncn2)cc1. The van der Waals surface area contributed by atoms with Gasteiger partial charge in [0, 0.05) is 19.5 Å². The largest absolute Gasteiger partial charge is 0.352 e. The fourth-order valence-corrected chi connectivity index (χ4v) is 2.96. The molecule has 0 atom stereocenters. The lowest BCUT2D eigenvalue weighted by Gasteiger charge is -2.08. The third-order valence-electron chi connectivity index (χ3n) is 4.43. The Bertz CT molecular complexity index is 1020. The van der Waals surface area contributed by atoms with Crippen LogP contribution in [0.4, 0.5) is 0 Å². The summed E-state index contributed by atoms with van der Waals surface area (Å²) >= 11 is 0. The molecule has 4 aromatic rings. The van der Waals surface area contributed by atoms with E-state index in [4.69, 9.17) is 0 Å². The zero-order chi connectivity index (χ0) is 18.5. The van der Waals surface area contributed by atoms with Crippen LogP contribution in [0, 0.1) is 0 Å². The molecule has 2 heterocycles. The molecule has 0 saturated carbocycles. The first-order chi connectivity index (χ1) is 13.3. The number of aryl methyl sites for hydroxylation is 1. The van der Waals surface area contributed by atoms with Gasteiger partial charge in [-0.3, -0.25) is 4.79 Å². The van der Waals surface area contributed by atoms with Crippen molar-refractivity contribution >= 4 is 16.9 Å². The maximum atomic E-state index is 12.2. The lowest BCUT2D eigenvalue weighted by Crippen LogP contribution is -2.23. The van der Waals surface area contributed by atoms with Gasteiger partial charge in [-0.1, -0.05) is 36.4 Å². The minimum absolute atomic E-state index is 0.0273. The third kappa shape index (κ3) is 4.20. The second-order valence-electron chi connectivity index (χ2n) is 6.36. The first-order valence-corrected chi connectivity index (χ1v) is 8.85. The van der Waals surface area contributed by atoms with Gasteiger partial charge in [0.05, 0.1) is 23.9 Å². The van der Waals surface area contributed by atoms with E-state index in [0.717, 1.165) is 22.2 Å². The molecular weight excluding hydrogens is 340 g/mol. The lowest BCUT2D eigenvalue weighted by molar-refractivity contribution is -0.121. The Labute approximate surface area is 156 Å². The number of benzene rings is 2. The molecule has 136 valence electrons. The molecular formula is C20H20N6O. The number of imidazole rings is 1. The topological polar surface area (TPSA) is 77.6 Å². The van der Waals surface area contributed by atoms with Gasteiger partial charge in [0.15, 0.2) is 0 Å². The predicted molar refractivity (Wildman–Crippen MR) is 102 cm³/mol. The van der Waals surface area contributed by atoms with Crippen LogP contribution in [0.5, 0.6) is 0 Å². The van der Waals surface area contributed by atoms with Crippen molar-refractivity contribution in [1.82, 2.24) is 29.6 Å². The minimum atomic E-state index is 0.0273. The van der Waals surface area contributed by atoms with Crippen LogP contribution in [0.3, 0.4) is 0 Å². The molecule has 2 aromatic heterocycles. The number of nitrogens with zero attached hydrogens (tertiary/aromatic N) is 5. The third-order valence-corrected chi connectivity index (χ3v) is 4.43. The summed E-state index contributed by atoms with van der Waals surface area (Å²) in [7, 11) is 0. The molecule has 0 aliphatic rings. The van der Waals surface area contributed by atoms with E-state index < -0.39 is 0 Å². The quantitative estimate of drug-likeness (QED) is 0.549. The molecule has 1 amide bonds. The number of rotatable bonds is 7. The van der Waals surface area contributed by atoms with Gasteiger partial charge in [0.25, 0.3) is 0 Å². The Morgan fingerprint density at radius 1 is 1.00 bits per heavy atom. The van der Waals surface area contributed by atoms with Crippen molar-refractivity contribution < 1.29 is 4.79 Å². The van der Waals surface area contributed by atoms with Crippen LogP contribution >= 0.6 is 0 Å². The summed E-state index contributed by atoms with van der Waals surface area (Å²) in [4.78, 5) is 20.4. The number of carbonyl (C=O) groups excluding carboxylic acids is 1. The number of nitrogens with one attached hydrogen (secondary N) is 1. The second kappa shape index (κ2) is 7.82. The molecule has 0 fully saturated rings. The van der Waals surface area contributed by atoms with Gasteiger partial charge in [-0.2, -0.15) is 5.10 Å². The molecule has 0 spiro atoms. The van der Waals surface area contributed by atoms with Crippen LogP contribution in [0.2, 0.25) is 0 Å². The highest BCUT2D eigenvalue weighted by molar-refractivity contribution is 5.77. The van der Waals surface area contributed by atoms with Gasteiger partial charge in [-0.05, 0) is 23.3 Å². The number of para-hydroxylation sites is 2. The number of amides is 1. The van der Waals surface area contributed by atoms with Crippen LogP contribution in [0.15, 0.2) is 67.5 Å². The van der Waals surface area contributed by atoms with Crippen molar-refractivity contribution in [3.8, 4) is 0 Å². The Morgan fingerprint density at radius 3 is 2.63 bits per heavy atom. The highest BCUT2D eigenvalue weighted by atomic mass is 16.1. The van der Waals surface area contributed by atoms with E-state index in [1.54, 1.807) is 17.3 Å². The fourth-order valence-electron chi connectivity index (χ4n) is 2.96. The smallest absolute Gasteiger partial charge is 0.222 e. The van der Waals surface area contributed by atoms with Gasteiger partial charge in [0.2, 0.25) is 5.91 Å². The normalized spacial score (nSPS) is 11.0. The molecule has 0 aliphatic heterocycles. The molecule has 0 radical (unpaired) electrons. The second-order valence-corrected chi connectivity index (χ2v) is 6.36. The average molecular weight is 360 g/mol. The number of hydrogen-bond donors (Lipinski definition) is 1. The lowest BCUT2D eigenvalue weighted by atomic mass is 10.1. The molecule has 0 saturated heterocycles. The van der Waals surface area contributed by atoms with E-state index in [1.807, 2.05) is 53.1 Å². The Kier molecular flexibility index (Phi) is 4.91. The Hall–Kier alpha value is -3.48. The van der Waals surface area contributed by atoms with Gasteiger partial charge >= 0.3 is 0 Å². The van der Waals surface area contributed by atoms with Gasteiger partial charge in [-0.25, -0.2) is 14.6 Å². The Morgan fingerprint density at radius 2 is 1.81 bits per heavy atom. The van der Waals surface area contributed by atoms with Crippen molar-refractivity contribution in [2.75, 3.05) is 0 Å². The zero-order valence-corrected chi connectivity index (χ0v) is 14.8. The Balaban J connectivity index is 1.26. The van der Waals surface area contributed by atoms with Gasteiger partial charge < -0.3 is 9.88 Å². The molecule has 7 heteroatoms. The van der Waals surface area contributed by atoms with Crippen molar-refractivity contribution in [2.24, 2.45) is 0 Å².